The van der Waals surface area contributed by atoms with E-state index in [1.54, 1.807) is 46.2 Å². The summed E-state index contributed by atoms with van der Waals surface area (Å²) in [5, 5.41) is 11.7. The van der Waals surface area contributed by atoms with E-state index in [1.165, 1.54) is 11.8 Å². The zero-order chi connectivity index (χ0) is 21.8. The molecule has 4 rings (SSSR count). The predicted molar refractivity (Wildman–Crippen MR) is 117 cm³/mol. The second kappa shape index (κ2) is 9.10. The Morgan fingerprint density at radius 1 is 1.19 bits per heavy atom. The molecule has 31 heavy (non-hydrogen) atoms. The van der Waals surface area contributed by atoms with Crippen LogP contribution in [0.4, 0.5) is 11.4 Å². The fourth-order valence-corrected chi connectivity index (χ4v) is 4.69. The van der Waals surface area contributed by atoms with Crippen molar-refractivity contribution in [2.75, 3.05) is 35.0 Å². The number of carbonyl (C=O) groups excluding carboxylic acids is 3. The van der Waals surface area contributed by atoms with Gasteiger partial charge in [-0.2, -0.15) is 5.26 Å². The van der Waals surface area contributed by atoms with Crippen LogP contribution in [0.25, 0.3) is 0 Å². The Bertz CT molecular complexity index is 1050. The highest BCUT2D eigenvalue weighted by Crippen LogP contribution is 2.32. The third kappa shape index (κ3) is 4.49. The number of nitrogens with one attached hydrogen (secondary N) is 1. The van der Waals surface area contributed by atoms with E-state index in [2.05, 4.69) is 5.32 Å². The van der Waals surface area contributed by atoms with E-state index in [0.29, 0.717) is 34.3 Å². The maximum atomic E-state index is 12.9. The largest absolute Gasteiger partial charge is 0.482 e. The second-order valence-corrected chi connectivity index (χ2v) is 8.11. The molecule has 2 aromatic carbocycles. The van der Waals surface area contributed by atoms with Gasteiger partial charge in [0.15, 0.2) is 6.61 Å². The molecule has 1 N–H and O–H groups in total. The van der Waals surface area contributed by atoms with E-state index in [0.717, 1.165) is 0 Å². The number of para-hydroxylation sites is 2. The smallest absolute Gasteiger partial charge is 0.265 e. The van der Waals surface area contributed by atoms with Crippen LogP contribution in [-0.2, 0) is 14.4 Å². The van der Waals surface area contributed by atoms with Crippen LogP contribution >= 0.6 is 11.8 Å². The molecule has 9 heteroatoms. The van der Waals surface area contributed by atoms with Gasteiger partial charge in [-0.1, -0.05) is 12.1 Å². The number of rotatable bonds is 5. The van der Waals surface area contributed by atoms with E-state index >= 15 is 0 Å². The SMILES string of the molecule is N#Cc1ccc(NC(=O)C2CSCN2C(=O)CCN2C(=O)COc3ccccc32)cc1. The Labute approximate surface area is 183 Å². The molecular formula is C22H20N4O4S. The molecule has 0 radical (unpaired) electrons. The number of hydrogen-bond acceptors (Lipinski definition) is 6. The maximum Gasteiger partial charge on any atom is 0.265 e. The van der Waals surface area contributed by atoms with E-state index < -0.39 is 6.04 Å². The molecule has 1 unspecified atom stereocenters. The number of nitriles is 1. The van der Waals surface area contributed by atoms with Crippen LogP contribution in [0.2, 0.25) is 0 Å². The van der Waals surface area contributed by atoms with Crippen molar-refractivity contribution in [1.29, 1.82) is 5.26 Å². The quantitative estimate of drug-likeness (QED) is 0.771. The molecule has 3 amide bonds. The van der Waals surface area contributed by atoms with Crippen molar-refractivity contribution in [2.24, 2.45) is 0 Å². The lowest BCUT2D eigenvalue weighted by Crippen LogP contribution is -2.46. The molecule has 1 atom stereocenters. The molecule has 2 aliphatic heterocycles. The van der Waals surface area contributed by atoms with Gasteiger partial charge in [0.05, 0.1) is 23.2 Å². The number of fused-ring (bicyclic) bond motifs is 1. The average Bonchev–Trinajstić information content (AvgIpc) is 3.29. The Hall–Kier alpha value is -3.51. The lowest BCUT2D eigenvalue weighted by Gasteiger charge is -2.30. The van der Waals surface area contributed by atoms with Crippen LogP contribution in [0.15, 0.2) is 48.5 Å². The molecule has 158 valence electrons. The fraction of sp³-hybridized carbons (Fsp3) is 0.273. The van der Waals surface area contributed by atoms with E-state index in [-0.39, 0.29) is 37.3 Å². The minimum absolute atomic E-state index is 0.0552. The van der Waals surface area contributed by atoms with Gasteiger partial charge >= 0.3 is 0 Å². The summed E-state index contributed by atoms with van der Waals surface area (Å²) in [4.78, 5) is 41.0. The summed E-state index contributed by atoms with van der Waals surface area (Å²) in [6.07, 6.45) is 0.112. The van der Waals surface area contributed by atoms with Crippen LogP contribution in [0.5, 0.6) is 5.75 Å². The molecular weight excluding hydrogens is 416 g/mol. The first kappa shape index (κ1) is 20.8. The van der Waals surface area contributed by atoms with Crippen molar-refractivity contribution < 1.29 is 19.1 Å². The maximum absolute atomic E-state index is 12.9. The van der Waals surface area contributed by atoms with Gasteiger partial charge in [-0.25, -0.2) is 0 Å². The zero-order valence-electron chi connectivity index (χ0n) is 16.6. The fourth-order valence-electron chi connectivity index (χ4n) is 3.51. The molecule has 1 saturated heterocycles. The summed E-state index contributed by atoms with van der Waals surface area (Å²) in [6.45, 7) is 0.170. The molecule has 2 heterocycles. The number of carbonyl (C=O) groups is 3. The molecule has 0 aliphatic carbocycles. The molecule has 0 aromatic heterocycles. The van der Waals surface area contributed by atoms with Crippen molar-refractivity contribution >= 4 is 40.9 Å². The van der Waals surface area contributed by atoms with Gasteiger partial charge in [0.25, 0.3) is 5.91 Å². The third-order valence-electron chi connectivity index (χ3n) is 5.14. The van der Waals surface area contributed by atoms with E-state index in [4.69, 9.17) is 10.00 Å². The molecule has 0 spiro atoms. The first-order chi connectivity index (χ1) is 15.1. The summed E-state index contributed by atoms with van der Waals surface area (Å²) in [5.41, 5.74) is 1.73. The van der Waals surface area contributed by atoms with E-state index in [9.17, 15) is 14.4 Å². The minimum atomic E-state index is -0.583. The Morgan fingerprint density at radius 2 is 1.97 bits per heavy atom. The van der Waals surface area contributed by atoms with Crippen LogP contribution in [0.1, 0.15) is 12.0 Å². The number of amides is 3. The zero-order valence-corrected chi connectivity index (χ0v) is 17.4. The van der Waals surface area contributed by atoms with Crippen molar-refractivity contribution in [3.63, 3.8) is 0 Å². The summed E-state index contributed by atoms with van der Waals surface area (Å²) in [6, 6.07) is 15.2. The lowest BCUT2D eigenvalue weighted by atomic mass is 10.2. The third-order valence-corrected chi connectivity index (χ3v) is 6.16. The van der Waals surface area contributed by atoms with E-state index in [1.807, 2.05) is 18.2 Å². The normalized spacial score (nSPS) is 17.5. The minimum Gasteiger partial charge on any atom is -0.482 e. The second-order valence-electron chi connectivity index (χ2n) is 7.11. The molecule has 2 aliphatic rings. The van der Waals surface area contributed by atoms with Crippen molar-refractivity contribution in [3.8, 4) is 11.8 Å². The molecule has 0 bridgehead atoms. The summed E-state index contributed by atoms with van der Waals surface area (Å²) in [5.74, 6) is 0.909. The highest BCUT2D eigenvalue weighted by atomic mass is 32.2. The molecule has 8 nitrogen and oxygen atoms in total. The number of benzene rings is 2. The summed E-state index contributed by atoms with van der Waals surface area (Å²) >= 11 is 1.51. The highest BCUT2D eigenvalue weighted by Gasteiger charge is 2.35. The van der Waals surface area contributed by atoms with Crippen LogP contribution in [0.3, 0.4) is 0 Å². The van der Waals surface area contributed by atoms with Gasteiger partial charge in [0, 0.05) is 24.4 Å². The Morgan fingerprint density at radius 3 is 2.74 bits per heavy atom. The van der Waals surface area contributed by atoms with Crippen LogP contribution in [-0.4, -0.2) is 53.4 Å². The topological polar surface area (TPSA) is 103 Å². The van der Waals surface area contributed by atoms with Crippen molar-refractivity contribution in [3.05, 3.63) is 54.1 Å². The number of anilines is 2. The predicted octanol–water partition coefficient (Wildman–Crippen LogP) is 2.21. The summed E-state index contributed by atoms with van der Waals surface area (Å²) < 4.78 is 5.43. The first-order valence-corrected chi connectivity index (χ1v) is 10.9. The number of thioether (sulfide) groups is 1. The standard InChI is InChI=1S/C22H20N4O4S/c23-11-15-5-7-16(8-6-15)24-22(29)18-13-31-14-26(18)20(27)9-10-25-17-3-1-2-4-19(17)30-12-21(25)28/h1-8,18H,9-10,12-14H2,(H,24,29). The van der Waals surface area contributed by atoms with Gasteiger partial charge in [0.1, 0.15) is 11.8 Å². The Balaban J connectivity index is 1.38. The monoisotopic (exact) mass is 436 g/mol. The average molecular weight is 436 g/mol. The Kier molecular flexibility index (Phi) is 6.09. The number of hydrogen-bond donors (Lipinski definition) is 1. The summed E-state index contributed by atoms with van der Waals surface area (Å²) in [7, 11) is 0. The number of ether oxygens (including phenoxy) is 1. The van der Waals surface area contributed by atoms with Gasteiger partial charge < -0.3 is 19.9 Å². The van der Waals surface area contributed by atoms with Crippen LogP contribution in [0, 0.1) is 11.3 Å². The van der Waals surface area contributed by atoms with Gasteiger partial charge in [-0.3, -0.25) is 14.4 Å². The molecule has 1 fully saturated rings. The number of nitrogens with zero attached hydrogens (tertiary/aromatic N) is 3. The van der Waals surface area contributed by atoms with Gasteiger partial charge in [-0.05, 0) is 36.4 Å². The molecule has 2 aromatic rings. The highest BCUT2D eigenvalue weighted by molar-refractivity contribution is 7.99. The first-order valence-electron chi connectivity index (χ1n) is 9.77. The lowest BCUT2D eigenvalue weighted by molar-refractivity contribution is -0.136. The molecule has 0 saturated carbocycles. The van der Waals surface area contributed by atoms with Gasteiger partial charge in [0.2, 0.25) is 11.8 Å². The van der Waals surface area contributed by atoms with Crippen LogP contribution < -0.4 is 15.0 Å². The van der Waals surface area contributed by atoms with Crippen molar-refractivity contribution in [2.45, 2.75) is 12.5 Å². The van der Waals surface area contributed by atoms with Gasteiger partial charge in [-0.15, -0.1) is 11.8 Å². The van der Waals surface area contributed by atoms with Crippen molar-refractivity contribution in [1.82, 2.24) is 4.90 Å².